The number of hydrogen-bond donors (Lipinski definition) is 9. The molecule has 0 aromatic rings. The van der Waals surface area contributed by atoms with Crippen LogP contribution >= 0.6 is 0 Å². The number of ether oxygens (including phenoxy) is 5. The van der Waals surface area contributed by atoms with Crippen molar-refractivity contribution in [3.63, 3.8) is 0 Å². The first-order valence-corrected chi connectivity index (χ1v) is 9.85. The van der Waals surface area contributed by atoms with Gasteiger partial charge in [-0.15, -0.1) is 0 Å². The Balaban J connectivity index is 1.79. The molecule has 3 aliphatic rings. The molecule has 3 aliphatic heterocycles. The molecule has 3 saturated heterocycles. The van der Waals surface area contributed by atoms with E-state index in [-0.39, 0.29) is 0 Å². The molecule has 0 aromatic carbocycles. The quantitative estimate of drug-likeness (QED) is 0.187. The zero-order valence-corrected chi connectivity index (χ0v) is 16.6. The minimum Gasteiger partial charge on any atom is -0.394 e. The molecule has 0 aliphatic carbocycles. The van der Waals surface area contributed by atoms with Gasteiger partial charge in [-0.1, -0.05) is 0 Å². The maximum Gasteiger partial charge on any atom is 0.187 e. The van der Waals surface area contributed by atoms with Gasteiger partial charge in [-0.25, -0.2) is 0 Å². The third-order valence-electron chi connectivity index (χ3n) is 5.66. The second kappa shape index (κ2) is 10.1. The Morgan fingerprint density at radius 2 is 1.32 bits per heavy atom. The summed E-state index contributed by atoms with van der Waals surface area (Å²) >= 11 is 0. The maximum atomic E-state index is 10.6. The Labute approximate surface area is 176 Å². The van der Waals surface area contributed by atoms with Crippen molar-refractivity contribution in [1.29, 1.82) is 0 Å². The van der Waals surface area contributed by atoms with Gasteiger partial charge in [-0.2, -0.15) is 0 Å². The molecule has 14 nitrogen and oxygen atoms in total. The number of aliphatic hydroxyl groups excluding tert-OH is 9. The lowest BCUT2D eigenvalue weighted by Gasteiger charge is -2.47. The molecule has 0 aromatic heterocycles. The molecule has 14 atom stereocenters. The van der Waals surface area contributed by atoms with Gasteiger partial charge in [0.2, 0.25) is 0 Å². The first-order valence-electron chi connectivity index (χ1n) is 9.85. The molecule has 0 radical (unpaired) electrons. The molecule has 9 N–H and O–H groups in total. The van der Waals surface area contributed by atoms with E-state index in [1.54, 1.807) is 0 Å². The molecule has 0 spiro atoms. The fourth-order valence-electron chi connectivity index (χ4n) is 3.69. The third-order valence-corrected chi connectivity index (χ3v) is 5.66. The average molecular weight is 458 g/mol. The van der Waals surface area contributed by atoms with E-state index in [2.05, 4.69) is 0 Å². The molecule has 14 heteroatoms. The Kier molecular flexibility index (Phi) is 8.21. The van der Waals surface area contributed by atoms with Crippen LogP contribution < -0.4 is 0 Å². The van der Waals surface area contributed by atoms with Gasteiger partial charge in [-0.05, 0) is 6.92 Å². The molecule has 0 amide bonds. The molecule has 0 bridgehead atoms. The Morgan fingerprint density at radius 1 is 0.710 bits per heavy atom. The van der Waals surface area contributed by atoms with E-state index in [4.69, 9.17) is 23.7 Å². The summed E-state index contributed by atoms with van der Waals surface area (Å²) in [4.78, 5) is 0. The monoisotopic (exact) mass is 458 g/mol. The van der Waals surface area contributed by atoms with Crippen molar-refractivity contribution in [2.75, 3.05) is 13.2 Å². The van der Waals surface area contributed by atoms with E-state index in [1.807, 2.05) is 0 Å². The van der Waals surface area contributed by atoms with Crippen LogP contribution in [0.1, 0.15) is 6.92 Å². The van der Waals surface area contributed by atoms with E-state index < -0.39 is 99.2 Å². The van der Waals surface area contributed by atoms with Gasteiger partial charge in [0.25, 0.3) is 0 Å². The van der Waals surface area contributed by atoms with Crippen LogP contribution in [-0.2, 0) is 23.7 Å². The van der Waals surface area contributed by atoms with Crippen molar-refractivity contribution < 1.29 is 69.6 Å². The zero-order valence-electron chi connectivity index (χ0n) is 16.6. The van der Waals surface area contributed by atoms with Crippen molar-refractivity contribution in [3.05, 3.63) is 0 Å². The summed E-state index contributed by atoms with van der Waals surface area (Å²) in [5, 5.41) is 89.8. The molecular formula is C17H30O14. The number of rotatable bonds is 5. The summed E-state index contributed by atoms with van der Waals surface area (Å²) in [5.41, 5.74) is 0. The van der Waals surface area contributed by atoms with Gasteiger partial charge in [0, 0.05) is 0 Å². The maximum absolute atomic E-state index is 10.6. The minimum atomic E-state index is -1.82. The van der Waals surface area contributed by atoms with Crippen LogP contribution in [0.5, 0.6) is 0 Å². The molecule has 0 unspecified atom stereocenters. The Hall–Kier alpha value is -0.560. The predicted octanol–water partition coefficient (Wildman–Crippen LogP) is -5.91. The largest absolute Gasteiger partial charge is 0.394 e. The second-order valence-corrected chi connectivity index (χ2v) is 7.87. The van der Waals surface area contributed by atoms with Crippen molar-refractivity contribution in [1.82, 2.24) is 0 Å². The fraction of sp³-hybridized carbons (Fsp3) is 1.00. The normalized spacial score (nSPS) is 54.0. The molecule has 3 rings (SSSR count). The first-order chi connectivity index (χ1) is 14.6. The van der Waals surface area contributed by atoms with Crippen LogP contribution in [0, 0.1) is 0 Å². The van der Waals surface area contributed by atoms with Gasteiger partial charge in [0.15, 0.2) is 18.9 Å². The smallest absolute Gasteiger partial charge is 0.187 e. The zero-order chi connectivity index (χ0) is 23.0. The highest BCUT2D eigenvalue weighted by Gasteiger charge is 2.52. The summed E-state index contributed by atoms with van der Waals surface area (Å²) in [7, 11) is 0. The minimum absolute atomic E-state index is 0.397. The standard InChI is InChI=1S/C17H30O14/c1-4-7(20)10(23)12(25)17(28-4)30-13-9(22)6(2-18)29-15(26)14(13)31-16-11(24)8(21)5(19)3-27-16/h4-26H,2-3H2,1H3/t4-,5-,6+,7-,8-,9+,10+,11+,12+,13-,14+,15+,16-,17-/m0/s1. The molecule has 0 saturated carbocycles. The predicted molar refractivity (Wildman–Crippen MR) is 93.8 cm³/mol. The van der Waals surface area contributed by atoms with Gasteiger partial charge >= 0.3 is 0 Å². The summed E-state index contributed by atoms with van der Waals surface area (Å²) in [6, 6.07) is 0. The third kappa shape index (κ3) is 5.02. The Morgan fingerprint density at radius 3 is 1.97 bits per heavy atom. The second-order valence-electron chi connectivity index (χ2n) is 7.87. The lowest BCUT2D eigenvalue weighted by Crippen LogP contribution is -2.66. The van der Waals surface area contributed by atoms with Crippen molar-refractivity contribution in [2.24, 2.45) is 0 Å². The average Bonchev–Trinajstić information content (AvgIpc) is 2.74. The van der Waals surface area contributed by atoms with E-state index >= 15 is 0 Å². The van der Waals surface area contributed by atoms with E-state index in [1.165, 1.54) is 6.92 Å². The topological polar surface area (TPSA) is 228 Å². The van der Waals surface area contributed by atoms with Crippen LogP contribution in [0.4, 0.5) is 0 Å². The summed E-state index contributed by atoms with van der Waals surface area (Å²) in [6.07, 6.45) is -21.5. The first kappa shape index (κ1) is 25.1. The van der Waals surface area contributed by atoms with E-state index in [0.717, 1.165) is 0 Å². The molecule has 3 fully saturated rings. The van der Waals surface area contributed by atoms with Gasteiger partial charge in [0.05, 0.1) is 19.3 Å². The van der Waals surface area contributed by atoms with Crippen LogP contribution in [0.2, 0.25) is 0 Å². The van der Waals surface area contributed by atoms with Crippen LogP contribution in [0.15, 0.2) is 0 Å². The molecule has 31 heavy (non-hydrogen) atoms. The summed E-state index contributed by atoms with van der Waals surface area (Å²) in [6.45, 7) is 0.296. The summed E-state index contributed by atoms with van der Waals surface area (Å²) in [5.74, 6) is 0. The highest BCUT2D eigenvalue weighted by atomic mass is 16.8. The van der Waals surface area contributed by atoms with E-state index in [0.29, 0.717) is 0 Å². The molecular weight excluding hydrogens is 428 g/mol. The fourth-order valence-corrected chi connectivity index (χ4v) is 3.69. The highest BCUT2D eigenvalue weighted by molar-refractivity contribution is 4.95. The van der Waals surface area contributed by atoms with E-state index in [9.17, 15) is 46.0 Å². The summed E-state index contributed by atoms with van der Waals surface area (Å²) < 4.78 is 26.6. The van der Waals surface area contributed by atoms with Crippen LogP contribution in [0.25, 0.3) is 0 Å². The Bertz CT molecular complexity index is 581. The van der Waals surface area contributed by atoms with Crippen molar-refractivity contribution in [3.8, 4) is 0 Å². The molecule has 182 valence electrons. The highest BCUT2D eigenvalue weighted by Crippen LogP contribution is 2.31. The van der Waals surface area contributed by atoms with Crippen molar-refractivity contribution >= 4 is 0 Å². The van der Waals surface area contributed by atoms with Crippen molar-refractivity contribution in [2.45, 2.75) is 92.9 Å². The van der Waals surface area contributed by atoms with Crippen LogP contribution in [0.3, 0.4) is 0 Å². The number of aliphatic hydroxyl groups is 9. The van der Waals surface area contributed by atoms with Gasteiger partial charge in [0.1, 0.15) is 61.0 Å². The van der Waals surface area contributed by atoms with Gasteiger partial charge < -0.3 is 69.6 Å². The molecule has 3 heterocycles. The van der Waals surface area contributed by atoms with Gasteiger partial charge in [-0.3, -0.25) is 0 Å². The lowest BCUT2D eigenvalue weighted by molar-refractivity contribution is -0.380. The lowest BCUT2D eigenvalue weighted by atomic mass is 9.97. The number of hydrogen-bond acceptors (Lipinski definition) is 14. The van der Waals surface area contributed by atoms with Crippen LogP contribution in [-0.4, -0.2) is 145 Å². The SMILES string of the molecule is C[C@@H]1O[C@@H](O[C@H]2[C@H](O)[C@@H](CO)O[C@@H](O)[C@@H]2O[C@@H]2OC[C@H](O)[C@H](O)[C@H]2O)[C@H](O)[C@H](O)[C@H]1O.